The van der Waals surface area contributed by atoms with Crippen LogP contribution in [0.3, 0.4) is 0 Å². The lowest BCUT2D eigenvalue weighted by molar-refractivity contribution is 0.444. The summed E-state index contributed by atoms with van der Waals surface area (Å²) in [7, 11) is 0.617. The Kier molecular flexibility index (Phi) is 9.44. The minimum atomic E-state index is -0.162. The number of rotatable bonds is 9. The van der Waals surface area contributed by atoms with E-state index in [1.54, 1.807) is 27.8 Å². The van der Waals surface area contributed by atoms with Crippen molar-refractivity contribution in [1.29, 1.82) is 0 Å². The van der Waals surface area contributed by atoms with Gasteiger partial charge in [0.05, 0.1) is 0 Å². The van der Waals surface area contributed by atoms with Crippen LogP contribution in [-0.4, -0.2) is 11.3 Å². The molecule has 1 aliphatic rings. The van der Waals surface area contributed by atoms with Crippen LogP contribution in [0.1, 0.15) is 82.4 Å². The fourth-order valence-electron chi connectivity index (χ4n) is 7.29. The van der Waals surface area contributed by atoms with Gasteiger partial charge in [0.15, 0.2) is 0 Å². The second-order valence-electron chi connectivity index (χ2n) is 12.8. The maximum Gasteiger partial charge on any atom is -0.00569 e. The molecule has 1 atom stereocenters. The molecule has 1 aliphatic carbocycles. The topological polar surface area (TPSA) is 0 Å². The Morgan fingerprint density at radius 1 is 0.667 bits per heavy atom. The van der Waals surface area contributed by atoms with E-state index >= 15 is 0 Å². The van der Waals surface area contributed by atoms with Crippen LogP contribution in [0.2, 0.25) is 0 Å². The first-order chi connectivity index (χ1) is 20.5. The molecule has 0 N–H and O–H groups in total. The number of benzene rings is 5. The zero-order chi connectivity index (χ0) is 29.1. The Hall–Kier alpha value is -2.52. The smallest absolute Gasteiger partial charge is 0.00569 e. The predicted molar refractivity (Wildman–Crippen MR) is 192 cm³/mol. The van der Waals surface area contributed by atoms with Crippen molar-refractivity contribution in [3.05, 3.63) is 114 Å². The molecule has 0 amide bonds. The fourth-order valence-corrected chi connectivity index (χ4v) is 11.1. The quantitative estimate of drug-likeness (QED) is 0.150. The second kappa shape index (κ2) is 13.4. The summed E-state index contributed by atoms with van der Waals surface area (Å²) in [5, 5.41) is 7.10. The maximum atomic E-state index is 2.56. The van der Waals surface area contributed by atoms with Crippen molar-refractivity contribution in [1.82, 2.24) is 0 Å². The Labute approximate surface area is 256 Å². The fraction of sp³-hybridized carbons (Fsp3) is 0.350. The van der Waals surface area contributed by atoms with E-state index in [2.05, 4.69) is 125 Å². The zero-order valence-corrected chi connectivity index (χ0v) is 27.8. The van der Waals surface area contributed by atoms with Gasteiger partial charge in [-0.05, 0) is 97.1 Å². The first-order valence-electron chi connectivity index (χ1n) is 16.1. The third kappa shape index (κ3) is 6.23. The molecular formula is C40H46P2. The van der Waals surface area contributed by atoms with Crippen molar-refractivity contribution in [2.45, 2.75) is 89.4 Å². The Morgan fingerprint density at radius 3 is 1.98 bits per heavy atom. The van der Waals surface area contributed by atoms with Crippen LogP contribution in [-0.2, 0) is 12.3 Å². The molecule has 0 radical (unpaired) electrons. The van der Waals surface area contributed by atoms with E-state index in [0.29, 0.717) is 17.2 Å². The third-order valence-corrected chi connectivity index (χ3v) is 14.1. The van der Waals surface area contributed by atoms with E-state index in [9.17, 15) is 0 Å². The Morgan fingerprint density at radius 2 is 1.29 bits per heavy atom. The van der Waals surface area contributed by atoms with Gasteiger partial charge in [0.1, 0.15) is 0 Å². The minimum Gasteiger partial charge on any atom is -0.0969 e. The van der Waals surface area contributed by atoms with E-state index in [4.69, 9.17) is 0 Å². The lowest BCUT2D eigenvalue weighted by atomic mass is 9.77. The molecule has 0 spiro atoms. The Balaban J connectivity index is 1.66. The lowest BCUT2D eigenvalue weighted by Crippen LogP contribution is -2.10. The highest BCUT2D eigenvalue weighted by Gasteiger charge is 2.27. The summed E-state index contributed by atoms with van der Waals surface area (Å²) >= 11 is 0. The van der Waals surface area contributed by atoms with Crippen LogP contribution in [0.5, 0.6) is 0 Å². The monoisotopic (exact) mass is 588 g/mol. The first kappa shape index (κ1) is 29.5. The van der Waals surface area contributed by atoms with Gasteiger partial charge < -0.3 is 0 Å². The van der Waals surface area contributed by atoms with Crippen LogP contribution in [0.15, 0.2) is 97.1 Å². The summed E-state index contributed by atoms with van der Waals surface area (Å²) in [5.41, 5.74) is 9.30. The minimum absolute atomic E-state index is 0.162. The molecule has 0 aromatic heterocycles. The maximum absolute atomic E-state index is 2.56. The molecule has 1 unspecified atom stereocenters. The van der Waals surface area contributed by atoms with Gasteiger partial charge >= 0.3 is 0 Å². The van der Waals surface area contributed by atoms with Crippen molar-refractivity contribution in [2.75, 3.05) is 0 Å². The van der Waals surface area contributed by atoms with Crippen LogP contribution >= 0.6 is 16.5 Å². The number of hydrogen-bond donors (Lipinski definition) is 0. The molecule has 5 aromatic carbocycles. The van der Waals surface area contributed by atoms with Crippen molar-refractivity contribution in [3.63, 3.8) is 0 Å². The average molecular weight is 589 g/mol. The molecule has 1 fully saturated rings. The van der Waals surface area contributed by atoms with Crippen LogP contribution < -0.4 is 5.30 Å². The van der Waals surface area contributed by atoms with E-state index in [0.717, 1.165) is 14.7 Å². The molecule has 6 rings (SSSR count). The van der Waals surface area contributed by atoms with Crippen molar-refractivity contribution < 1.29 is 0 Å². The predicted octanol–water partition coefficient (Wildman–Crippen LogP) is 12.0. The van der Waals surface area contributed by atoms with E-state index in [-0.39, 0.29) is 7.92 Å². The molecule has 0 bridgehead atoms. The molecular weight excluding hydrogens is 542 g/mol. The van der Waals surface area contributed by atoms with Crippen LogP contribution in [0, 0.1) is 0 Å². The molecule has 5 aromatic rings. The SMILES string of the molecule is CC(C)P(Cc1c(CPc2ccccc2)cc2ccccc2c1-c1c(C2CCCCC2)ccc2ccccc12)C(C)C. The van der Waals surface area contributed by atoms with E-state index in [1.807, 2.05) is 0 Å². The van der Waals surface area contributed by atoms with Crippen molar-refractivity contribution in [3.8, 4) is 11.1 Å². The number of fused-ring (bicyclic) bond motifs is 2. The highest BCUT2D eigenvalue weighted by molar-refractivity contribution is 7.58. The van der Waals surface area contributed by atoms with Gasteiger partial charge in [-0.2, -0.15) is 0 Å². The van der Waals surface area contributed by atoms with Crippen LogP contribution in [0.25, 0.3) is 32.7 Å². The highest BCUT2D eigenvalue weighted by atomic mass is 31.1. The molecule has 1 saturated carbocycles. The van der Waals surface area contributed by atoms with Gasteiger partial charge in [-0.3, -0.25) is 0 Å². The first-order valence-corrected chi connectivity index (χ1v) is 19.0. The highest BCUT2D eigenvalue weighted by Crippen LogP contribution is 2.54. The van der Waals surface area contributed by atoms with Gasteiger partial charge in [0.2, 0.25) is 0 Å². The molecule has 0 heterocycles. The van der Waals surface area contributed by atoms with Gasteiger partial charge in [-0.25, -0.2) is 0 Å². The molecule has 216 valence electrons. The summed E-state index contributed by atoms with van der Waals surface area (Å²) < 4.78 is 0. The summed E-state index contributed by atoms with van der Waals surface area (Å²) in [6.07, 6.45) is 9.05. The summed E-state index contributed by atoms with van der Waals surface area (Å²) in [6, 6.07) is 37.1. The molecule has 2 heteroatoms. The van der Waals surface area contributed by atoms with Gasteiger partial charge in [-0.15, -0.1) is 0 Å². The van der Waals surface area contributed by atoms with Crippen molar-refractivity contribution >= 4 is 43.4 Å². The van der Waals surface area contributed by atoms with Crippen LogP contribution in [0.4, 0.5) is 0 Å². The van der Waals surface area contributed by atoms with Crippen molar-refractivity contribution in [2.24, 2.45) is 0 Å². The summed E-state index contributed by atoms with van der Waals surface area (Å²) in [5.74, 6) is 0.650. The Bertz CT molecular complexity index is 1640. The molecule has 42 heavy (non-hydrogen) atoms. The van der Waals surface area contributed by atoms with E-state index in [1.165, 1.54) is 65.1 Å². The number of hydrogen-bond acceptors (Lipinski definition) is 0. The molecule has 0 aliphatic heterocycles. The largest absolute Gasteiger partial charge is 0.0969 e. The average Bonchev–Trinajstić information content (AvgIpc) is 3.02. The molecule has 0 saturated heterocycles. The lowest BCUT2D eigenvalue weighted by Gasteiger charge is -2.31. The normalized spacial score (nSPS) is 14.8. The summed E-state index contributed by atoms with van der Waals surface area (Å²) in [6.45, 7) is 9.85. The van der Waals surface area contributed by atoms with Gasteiger partial charge in [-0.1, -0.05) is 161 Å². The van der Waals surface area contributed by atoms with Gasteiger partial charge in [0, 0.05) is 0 Å². The van der Waals surface area contributed by atoms with E-state index < -0.39 is 0 Å². The summed E-state index contributed by atoms with van der Waals surface area (Å²) in [4.78, 5) is 0. The van der Waals surface area contributed by atoms with Gasteiger partial charge in [0.25, 0.3) is 0 Å². The zero-order valence-electron chi connectivity index (χ0n) is 25.9. The molecule has 0 nitrogen and oxygen atoms in total. The second-order valence-corrected chi connectivity index (χ2v) is 17.5. The third-order valence-electron chi connectivity index (χ3n) is 9.43. The standard InChI is InChI=1S/C40H46P2/c1-28(2)42(29(3)4)27-38-33(26-41-34-19-9-6-10-20-34)25-32-18-12-14-22-36(32)40(38)39-35-21-13-11-17-31(35)23-24-37(39)30-15-7-5-8-16-30/h6,9-14,17-25,28-30,41H,5,7-8,15-16,26-27H2,1-4H3.